The molecular weight excluding hydrogens is 216 g/mol. The van der Waals surface area contributed by atoms with Crippen LogP contribution in [-0.4, -0.2) is 51.7 Å². The van der Waals surface area contributed by atoms with Crippen LogP contribution in [0, 0.1) is 0 Å². The van der Waals surface area contributed by atoms with Gasteiger partial charge in [-0.2, -0.15) is 8.42 Å². The Morgan fingerprint density at radius 2 is 2.21 bits per heavy atom. The van der Waals surface area contributed by atoms with Crippen molar-refractivity contribution in [3.63, 3.8) is 0 Å². The minimum Gasteiger partial charge on any atom is -0.295 e. The zero-order valence-electron chi connectivity index (χ0n) is 7.82. The molecule has 1 heterocycles. The third-order valence-electron chi connectivity index (χ3n) is 1.94. The molecule has 14 heavy (non-hydrogen) atoms. The smallest absolute Gasteiger partial charge is 0.264 e. The lowest BCUT2D eigenvalue weighted by molar-refractivity contribution is 0.0938. The van der Waals surface area contributed by atoms with Crippen LogP contribution in [0.2, 0.25) is 0 Å². The van der Waals surface area contributed by atoms with E-state index in [9.17, 15) is 17.2 Å². The van der Waals surface area contributed by atoms with Crippen molar-refractivity contribution in [2.75, 3.05) is 25.9 Å². The fourth-order valence-corrected chi connectivity index (χ4v) is 2.14. The SMILES string of the molecule is CS(=O)(=O)OC1CCN(CC(F)F)C1. The van der Waals surface area contributed by atoms with Gasteiger partial charge in [-0.15, -0.1) is 0 Å². The van der Waals surface area contributed by atoms with E-state index in [1.165, 1.54) is 4.90 Å². The van der Waals surface area contributed by atoms with Crippen LogP contribution in [-0.2, 0) is 14.3 Å². The Labute approximate surface area is 82.0 Å². The van der Waals surface area contributed by atoms with Crippen LogP contribution in [0.1, 0.15) is 6.42 Å². The number of hydrogen-bond donors (Lipinski definition) is 0. The summed E-state index contributed by atoms with van der Waals surface area (Å²) in [5, 5.41) is 0. The van der Waals surface area contributed by atoms with Crippen molar-refractivity contribution in [3.05, 3.63) is 0 Å². The maximum absolute atomic E-state index is 12.0. The first-order valence-electron chi connectivity index (χ1n) is 4.25. The quantitative estimate of drug-likeness (QED) is 0.651. The summed E-state index contributed by atoms with van der Waals surface area (Å²) in [5.74, 6) is 0. The molecule has 0 aromatic rings. The lowest BCUT2D eigenvalue weighted by Gasteiger charge is -2.14. The van der Waals surface area contributed by atoms with Crippen LogP contribution < -0.4 is 0 Å². The van der Waals surface area contributed by atoms with E-state index in [4.69, 9.17) is 4.18 Å². The van der Waals surface area contributed by atoms with Gasteiger partial charge < -0.3 is 0 Å². The van der Waals surface area contributed by atoms with Gasteiger partial charge in [-0.3, -0.25) is 9.08 Å². The molecule has 1 rings (SSSR count). The topological polar surface area (TPSA) is 46.6 Å². The summed E-state index contributed by atoms with van der Waals surface area (Å²) in [6, 6.07) is 0. The summed E-state index contributed by atoms with van der Waals surface area (Å²) in [7, 11) is -3.47. The van der Waals surface area contributed by atoms with Gasteiger partial charge in [0.1, 0.15) is 0 Å². The van der Waals surface area contributed by atoms with Gasteiger partial charge in [0, 0.05) is 13.1 Å². The minimum atomic E-state index is -3.47. The molecule has 0 aliphatic carbocycles. The molecule has 1 saturated heterocycles. The number of rotatable bonds is 4. The average molecular weight is 229 g/mol. The highest BCUT2D eigenvalue weighted by Crippen LogP contribution is 2.15. The van der Waals surface area contributed by atoms with E-state index in [1.54, 1.807) is 0 Å². The molecule has 0 N–H and O–H groups in total. The van der Waals surface area contributed by atoms with Gasteiger partial charge in [-0.25, -0.2) is 8.78 Å². The van der Waals surface area contributed by atoms with Crippen molar-refractivity contribution in [3.8, 4) is 0 Å². The monoisotopic (exact) mass is 229 g/mol. The predicted molar refractivity (Wildman–Crippen MR) is 46.8 cm³/mol. The van der Waals surface area contributed by atoms with Crippen LogP contribution in [0.4, 0.5) is 8.78 Å². The highest BCUT2D eigenvalue weighted by Gasteiger charge is 2.27. The summed E-state index contributed by atoms with van der Waals surface area (Å²) < 4.78 is 50.1. The number of halogens is 2. The van der Waals surface area contributed by atoms with Gasteiger partial charge in [-0.1, -0.05) is 0 Å². The van der Waals surface area contributed by atoms with Gasteiger partial charge >= 0.3 is 0 Å². The molecule has 84 valence electrons. The Balaban J connectivity index is 2.34. The third-order valence-corrected chi connectivity index (χ3v) is 2.56. The highest BCUT2D eigenvalue weighted by molar-refractivity contribution is 7.86. The normalized spacial score (nSPS) is 24.7. The van der Waals surface area contributed by atoms with E-state index < -0.39 is 22.6 Å². The van der Waals surface area contributed by atoms with Crippen molar-refractivity contribution < 1.29 is 21.4 Å². The molecule has 0 bridgehead atoms. The summed E-state index contributed by atoms with van der Waals surface area (Å²) >= 11 is 0. The Hall–Kier alpha value is -0.270. The lowest BCUT2D eigenvalue weighted by atomic mass is 10.3. The van der Waals surface area contributed by atoms with Crippen LogP contribution in [0.15, 0.2) is 0 Å². The predicted octanol–water partition coefficient (Wildman–Crippen LogP) is 0.302. The van der Waals surface area contributed by atoms with E-state index in [-0.39, 0.29) is 13.1 Å². The number of nitrogens with zero attached hydrogens (tertiary/aromatic N) is 1. The van der Waals surface area contributed by atoms with Gasteiger partial charge in [0.25, 0.3) is 16.5 Å². The Morgan fingerprint density at radius 1 is 1.57 bits per heavy atom. The van der Waals surface area contributed by atoms with Crippen LogP contribution >= 0.6 is 0 Å². The maximum Gasteiger partial charge on any atom is 0.264 e. The first-order valence-corrected chi connectivity index (χ1v) is 6.07. The first-order chi connectivity index (χ1) is 6.37. The minimum absolute atomic E-state index is 0.261. The van der Waals surface area contributed by atoms with E-state index in [2.05, 4.69) is 0 Å². The van der Waals surface area contributed by atoms with Crippen molar-refractivity contribution in [1.29, 1.82) is 0 Å². The van der Waals surface area contributed by atoms with Crippen molar-refractivity contribution in [2.24, 2.45) is 0 Å². The second-order valence-corrected chi connectivity index (χ2v) is 4.96. The Morgan fingerprint density at radius 3 is 2.71 bits per heavy atom. The molecular formula is C7H13F2NO3S. The average Bonchev–Trinajstić information content (AvgIpc) is 2.30. The number of alkyl halides is 2. The van der Waals surface area contributed by atoms with Crippen LogP contribution in [0.25, 0.3) is 0 Å². The van der Waals surface area contributed by atoms with E-state index in [0.717, 1.165) is 6.26 Å². The van der Waals surface area contributed by atoms with Gasteiger partial charge in [-0.05, 0) is 6.42 Å². The van der Waals surface area contributed by atoms with Crippen LogP contribution in [0.5, 0.6) is 0 Å². The molecule has 0 radical (unpaired) electrons. The molecule has 0 aromatic carbocycles. The zero-order chi connectivity index (χ0) is 10.8. The van der Waals surface area contributed by atoms with Crippen LogP contribution in [0.3, 0.4) is 0 Å². The third kappa shape index (κ3) is 4.30. The number of likely N-dealkylation sites (tertiary alicyclic amines) is 1. The van der Waals surface area contributed by atoms with Crippen molar-refractivity contribution in [2.45, 2.75) is 19.0 Å². The maximum atomic E-state index is 12.0. The summed E-state index contributed by atoms with van der Waals surface area (Å²) in [6.07, 6.45) is -1.40. The van der Waals surface area contributed by atoms with Crippen molar-refractivity contribution >= 4 is 10.1 Å². The second kappa shape index (κ2) is 4.50. The largest absolute Gasteiger partial charge is 0.295 e. The lowest BCUT2D eigenvalue weighted by Crippen LogP contribution is -2.28. The number of hydrogen-bond acceptors (Lipinski definition) is 4. The van der Waals surface area contributed by atoms with Gasteiger partial charge in [0.15, 0.2) is 0 Å². The van der Waals surface area contributed by atoms with E-state index in [1.807, 2.05) is 0 Å². The van der Waals surface area contributed by atoms with Gasteiger partial charge in [0.2, 0.25) is 0 Å². The highest BCUT2D eigenvalue weighted by atomic mass is 32.2. The molecule has 1 aliphatic rings. The van der Waals surface area contributed by atoms with Gasteiger partial charge in [0.05, 0.1) is 18.9 Å². The molecule has 4 nitrogen and oxygen atoms in total. The molecule has 7 heteroatoms. The first kappa shape index (κ1) is 11.8. The molecule has 0 saturated carbocycles. The fraction of sp³-hybridized carbons (Fsp3) is 1.00. The Bertz CT molecular complexity index is 281. The molecule has 0 spiro atoms. The van der Waals surface area contributed by atoms with E-state index >= 15 is 0 Å². The summed E-state index contributed by atoms with van der Waals surface area (Å²) in [6.45, 7) is 0.408. The molecule has 1 aliphatic heterocycles. The Kier molecular flexibility index (Phi) is 3.79. The van der Waals surface area contributed by atoms with Crippen molar-refractivity contribution in [1.82, 2.24) is 4.90 Å². The fourth-order valence-electron chi connectivity index (χ4n) is 1.48. The zero-order valence-corrected chi connectivity index (χ0v) is 8.64. The molecule has 0 aromatic heterocycles. The second-order valence-electron chi connectivity index (χ2n) is 3.36. The molecule has 1 unspecified atom stereocenters. The standard InChI is InChI=1S/C7H13F2NO3S/c1-14(11,12)13-6-2-3-10(4-6)5-7(8)9/h6-7H,2-5H2,1H3. The molecule has 1 atom stereocenters. The summed E-state index contributed by atoms with van der Waals surface area (Å²) in [5.41, 5.74) is 0. The summed E-state index contributed by atoms with van der Waals surface area (Å²) in [4.78, 5) is 1.50. The van der Waals surface area contributed by atoms with E-state index in [0.29, 0.717) is 13.0 Å². The molecule has 0 amide bonds. The molecule has 1 fully saturated rings.